The number of fused-ring (bicyclic) bond motifs is 1. The van der Waals surface area contributed by atoms with Gasteiger partial charge in [-0.2, -0.15) is 0 Å². The molecule has 0 radical (unpaired) electrons. The van der Waals surface area contributed by atoms with Crippen molar-refractivity contribution in [1.29, 1.82) is 0 Å². The molecule has 0 fully saturated rings. The maximum Gasteiger partial charge on any atom is 0.337 e. The Morgan fingerprint density at radius 3 is 2.54 bits per heavy atom. The highest BCUT2D eigenvalue weighted by Gasteiger charge is 2.17. The zero-order valence-corrected chi connectivity index (χ0v) is 15.6. The van der Waals surface area contributed by atoms with Crippen LogP contribution in [0.4, 0.5) is 0 Å². The van der Waals surface area contributed by atoms with E-state index < -0.39 is 11.9 Å². The number of rotatable bonds is 6. The Kier molecular flexibility index (Phi) is 6.16. The Morgan fingerprint density at radius 2 is 1.82 bits per heavy atom. The van der Waals surface area contributed by atoms with E-state index in [-0.39, 0.29) is 6.61 Å². The summed E-state index contributed by atoms with van der Waals surface area (Å²) in [6.07, 6.45) is 2.94. The van der Waals surface area contributed by atoms with E-state index in [1.54, 1.807) is 49.6 Å². The van der Waals surface area contributed by atoms with Crippen LogP contribution in [0.5, 0.6) is 17.2 Å². The van der Waals surface area contributed by atoms with Crippen LogP contribution >= 0.6 is 0 Å². The quantitative estimate of drug-likeness (QED) is 0.559. The van der Waals surface area contributed by atoms with Crippen molar-refractivity contribution in [3.8, 4) is 17.2 Å². The van der Waals surface area contributed by atoms with Gasteiger partial charge in [-0.15, -0.1) is 0 Å². The predicted molar refractivity (Wildman–Crippen MR) is 101 cm³/mol. The van der Waals surface area contributed by atoms with Crippen LogP contribution in [0.3, 0.4) is 0 Å². The number of carbonyl (C=O) groups excluding carboxylic acids is 2. The number of hydrogen-bond acceptors (Lipinski definition) is 7. The molecular formula is C21H20O7. The van der Waals surface area contributed by atoms with Gasteiger partial charge in [0.2, 0.25) is 5.75 Å². The van der Waals surface area contributed by atoms with Crippen molar-refractivity contribution in [3.63, 3.8) is 0 Å². The van der Waals surface area contributed by atoms with Gasteiger partial charge >= 0.3 is 11.9 Å². The van der Waals surface area contributed by atoms with Crippen molar-refractivity contribution in [1.82, 2.24) is 0 Å². The van der Waals surface area contributed by atoms with E-state index in [2.05, 4.69) is 4.74 Å². The molecule has 28 heavy (non-hydrogen) atoms. The van der Waals surface area contributed by atoms with E-state index in [0.717, 1.165) is 11.1 Å². The van der Waals surface area contributed by atoms with Gasteiger partial charge in [0, 0.05) is 6.08 Å². The number of ether oxygens (including phenoxy) is 5. The zero-order valence-electron chi connectivity index (χ0n) is 15.6. The minimum atomic E-state index is -0.495. The van der Waals surface area contributed by atoms with E-state index in [1.165, 1.54) is 13.2 Å². The van der Waals surface area contributed by atoms with Gasteiger partial charge in [-0.3, -0.25) is 0 Å². The standard InChI is InChI=1S/C21H20O7/c1-24-17-11-15(12-18-20(17)27-10-9-26-18)5-8-19(22)28-13-14-3-6-16(7-4-14)21(23)25-2/h3-8,11-12H,9-10,13H2,1-2H3/b8-5+. The Morgan fingerprint density at radius 1 is 1.07 bits per heavy atom. The summed E-state index contributed by atoms with van der Waals surface area (Å²) in [5.74, 6) is 0.760. The lowest BCUT2D eigenvalue weighted by atomic mass is 10.1. The molecule has 146 valence electrons. The third kappa shape index (κ3) is 4.62. The first kappa shape index (κ1) is 19.3. The van der Waals surface area contributed by atoms with Crippen LogP contribution in [0.1, 0.15) is 21.5 Å². The molecule has 2 aromatic carbocycles. The summed E-state index contributed by atoms with van der Waals surface area (Å²) in [5.41, 5.74) is 1.92. The second kappa shape index (κ2) is 8.94. The fourth-order valence-corrected chi connectivity index (χ4v) is 2.61. The Hall–Kier alpha value is -3.48. The van der Waals surface area contributed by atoms with Crippen molar-refractivity contribution in [2.24, 2.45) is 0 Å². The molecule has 0 bridgehead atoms. The average Bonchev–Trinajstić information content (AvgIpc) is 2.75. The SMILES string of the molecule is COC(=O)c1ccc(COC(=O)/C=C/c2cc(OC)c3c(c2)OCCO3)cc1. The van der Waals surface area contributed by atoms with Gasteiger partial charge in [0.15, 0.2) is 11.5 Å². The van der Waals surface area contributed by atoms with Crippen molar-refractivity contribution in [3.05, 3.63) is 59.2 Å². The topological polar surface area (TPSA) is 80.3 Å². The maximum atomic E-state index is 12.0. The van der Waals surface area contributed by atoms with E-state index in [0.29, 0.717) is 36.0 Å². The third-order valence-corrected chi connectivity index (χ3v) is 4.02. The first-order valence-corrected chi connectivity index (χ1v) is 8.60. The Labute approximate surface area is 162 Å². The molecule has 0 aliphatic carbocycles. The second-order valence-electron chi connectivity index (χ2n) is 5.88. The molecule has 0 N–H and O–H groups in total. The monoisotopic (exact) mass is 384 g/mol. The van der Waals surface area contributed by atoms with Gasteiger partial charge in [0.25, 0.3) is 0 Å². The van der Waals surface area contributed by atoms with Crippen molar-refractivity contribution in [2.45, 2.75) is 6.61 Å². The van der Waals surface area contributed by atoms with Gasteiger partial charge < -0.3 is 23.7 Å². The Bertz CT molecular complexity index is 867. The lowest BCUT2D eigenvalue weighted by molar-refractivity contribution is -0.138. The highest BCUT2D eigenvalue weighted by Crippen LogP contribution is 2.40. The van der Waals surface area contributed by atoms with Crippen LogP contribution in [-0.4, -0.2) is 39.4 Å². The number of esters is 2. The summed E-state index contributed by atoms with van der Waals surface area (Å²) in [6.45, 7) is 1.01. The lowest BCUT2D eigenvalue weighted by Gasteiger charge is -2.20. The predicted octanol–water partition coefficient (Wildman–Crippen LogP) is 3.01. The molecule has 7 heteroatoms. The van der Waals surface area contributed by atoms with Crippen molar-refractivity contribution < 1.29 is 33.3 Å². The molecule has 0 unspecified atom stereocenters. The van der Waals surface area contributed by atoms with Crippen LogP contribution in [0.2, 0.25) is 0 Å². The normalized spacial score (nSPS) is 12.5. The van der Waals surface area contributed by atoms with Gasteiger partial charge in [0.1, 0.15) is 19.8 Å². The number of carbonyl (C=O) groups is 2. The molecule has 0 aromatic heterocycles. The molecule has 0 spiro atoms. The molecule has 7 nitrogen and oxygen atoms in total. The molecule has 1 aliphatic rings. The minimum Gasteiger partial charge on any atom is -0.493 e. The summed E-state index contributed by atoms with van der Waals surface area (Å²) in [6, 6.07) is 10.2. The highest BCUT2D eigenvalue weighted by molar-refractivity contribution is 5.89. The number of methoxy groups -OCH3 is 2. The molecular weight excluding hydrogens is 364 g/mol. The molecule has 2 aromatic rings. The first-order valence-electron chi connectivity index (χ1n) is 8.60. The van der Waals surface area contributed by atoms with Crippen LogP contribution in [-0.2, 0) is 20.9 Å². The van der Waals surface area contributed by atoms with Crippen molar-refractivity contribution >= 4 is 18.0 Å². The van der Waals surface area contributed by atoms with E-state index in [1.807, 2.05) is 0 Å². The Balaban J connectivity index is 1.60. The van der Waals surface area contributed by atoms with E-state index >= 15 is 0 Å². The van der Waals surface area contributed by atoms with E-state index in [4.69, 9.17) is 18.9 Å². The van der Waals surface area contributed by atoms with Gasteiger partial charge in [-0.05, 0) is 41.5 Å². The molecule has 0 amide bonds. The molecule has 0 saturated heterocycles. The van der Waals surface area contributed by atoms with Crippen LogP contribution in [0.25, 0.3) is 6.08 Å². The molecule has 1 aliphatic heterocycles. The zero-order chi connectivity index (χ0) is 19.9. The maximum absolute atomic E-state index is 12.0. The van der Waals surface area contributed by atoms with Gasteiger partial charge in [-0.25, -0.2) is 9.59 Å². The van der Waals surface area contributed by atoms with Crippen molar-refractivity contribution in [2.75, 3.05) is 27.4 Å². The van der Waals surface area contributed by atoms with Gasteiger partial charge in [0.05, 0.1) is 19.8 Å². The summed E-state index contributed by atoms with van der Waals surface area (Å²) in [5, 5.41) is 0. The lowest BCUT2D eigenvalue weighted by Crippen LogP contribution is -2.16. The summed E-state index contributed by atoms with van der Waals surface area (Å²) < 4.78 is 26.3. The average molecular weight is 384 g/mol. The second-order valence-corrected chi connectivity index (χ2v) is 5.88. The summed E-state index contributed by atoms with van der Waals surface area (Å²) in [4.78, 5) is 23.4. The smallest absolute Gasteiger partial charge is 0.337 e. The summed E-state index contributed by atoms with van der Waals surface area (Å²) in [7, 11) is 2.86. The van der Waals surface area contributed by atoms with Crippen LogP contribution in [0.15, 0.2) is 42.5 Å². The largest absolute Gasteiger partial charge is 0.493 e. The first-order chi connectivity index (χ1) is 13.6. The highest BCUT2D eigenvalue weighted by atomic mass is 16.6. The summed E-state index contributed by atoms with van der Waals surface area (Å²) >= 11 is 0. The van der Waals surface area contributed by atoms with Gasteiger partial charge in [-0.1, -0.05) is 12.1 Å². The molecule has 1 heterocycles. The molecule has 0 atom stereocenters. The number of benzene rings is 2. The molecule has 0 saturated carbocycles. The van der Waals surface area contributed by atoms with Crippen LogP contribution < -0.4 is 14.2 Å². The minimum absolute atomic E-state index is 0.0923. The fraction of sp³-hybridized carbons (Fsp3) is 0.238. The van der Waals surface area contributed by atoms with E-state index in [9.17, 15) is 9.59 Å². The number of hydrogen-bond donors (Lipinski definition) is 0. The van der Waals surface area contributed by atoms with Crippen LogP contribution in [0, 0.1) is 0 Å². The fourth-order valence-electron chi connectivity index (χ4n) is 2.61. The third-order valence-electron chi connectivity index (χ3n) is 4.02. The molecule has 3 rings (SSSR count).